The molecule has 1 aliphatic carbocycles. The van der Waals surface area contributed by atoms with Crippen molar-refractivity contribution in [1.82, 2.24) is 0 Å². The zero-order valence-electron chi connectivity index (χ0n) is 14.5. The number of hydrogen-bond acceptors (Lipinski definition) is 3. The van der Waals surface area contributed by atoms with Gasteiger partial charge in [-0.2, -0.15) is 0 Å². The third-order valence-corrected chi connectivity index (χ3v) is 5.10. The molecule has 2 aromatic rings. The lowest BCUT2D eigenvalue weighted by atomic mass is 9.96. The van der Waals surface area contributed by atoms with Crippen molar-refractivity contribution >= 4 is 23.2 Å². The Hall–Kier alpha value is -2.40. The first-order valence-electron chi connectivity index (χ1n) is 8.87. The zero-order chi connectivity index (χ0) is 18.0. The lowest BCUT2D eigenvalue weighted by molar-refractivity contribution is 0.297. The van der Waals surface area contributed by atoms with E-state index < -0.39 is 0 Å². The number of fused-ring (bicyclic) bond motifs is 1. The summed E-state index contributed by atoms with van der Waals surface area (Å²) in [6.07, 6.45) is 3.09. The van der Waals surface area contributed by atoms with Crippen LogP contribution in [0.5, 0.6) is 11.5 Å². The van der Waals surface area contributed by atoms with Gasteiger partial charge in [0.2, 0.25) is 0 Å². The van der Waals surface area contributed by atoms with Crippen LogP contribution in [0.2, 0.25) is 5.02 Å². The molecule has 0 unspecified atom stereocenters. The highest BCUT2D eigenvalue weighted by Crippen LogP contribution is 2.48. The van der Waals surface area contributed by atoms with E-state index in [-0.39, 0.29) is 5.41 Å². The van der Waals surface area contributed by atoms with Crippen LogP contribution in [0.25, 0.3) is 0 Å². The predicted octanol–water partition coefficient (Wildman–Crippen LogP) is 3.96. The van der Waals surface area contributed by atoms with Gasteiger partial charge in [-0.25, -0.2) is 0 Å². The molecule has 4 rings (SSSR count). The molecule has 5 nitrogen and oxygen atoms in total. The van der Waals surface area contributed by atoms with Crippen LogP contribution in [0.15, 0.2) is 47.5 Å². The summed E-state index contributed by atoms with van der Waals surface area (Å²) in [7, 11) is 0. The highest BCUT2D eigenvalue weighted by molar-refractivity contribution is 6.30. The largest absolute Gasteiger partial charge is 0.490 e. The molecule has 6 heteroatoms. The van der Waals surface area contributed by atoms with Gasteiger partial charge in [0.1, 0.15) is 0 Å². The highest BCUT2D eigenvalue weighted by atomic mass is 35.5. The van der Waals surface area contributed by atoms with Crippen LogP contribution in [-0.2, 0) is 5.41 Å². The van der Waals surface area contributed by atoms with Crippen molar-refractivity contribution in [3.8, 4) is 11.5 Å². The first-order chi connectivity index (χ1) is 12.6. The van der Waals surface area contributed by atoms with E-state index in [0.717, 1.165) is 41.5 Å². The fourth-order valence-electron chi connectivity index (χ4n) is 3.17. The fraction of sp³-hybridized carbons (Fsp3) is 0.350. The zero-order valence-corrected chi connectivity index (χ0v) is 15.3. The summed E-state index contributed by atoms with van der Waals surface area (Å²) in [4.78, 5) is 4.56. The van der Waals surface area contributed by atoms with Crippen molar-refractivity contribution < 1.29 is 9.47 Å². The molecular formula is C20H22ClN3O2. The average molecular weight is 372 g/mol. The lowest BCUT2D eigenvalue weighted by Crippen LogP contribution is -2.25. The first-order valence-corrected chi connectivity index (χ1v) is 9.25. The standard InChI is InChI=1S/C20H22ClN3O2/c21-15-4-1-3-14(11-15)20(7-8-20)13-23-19(22)24-16-5-6-17-18(12-16)26-10-2-9-25-17/h1,3-6,11-12H,2,7-10,13H2,(H3,22,23,24). The molecule has 0 amide bonds. The number of nitrogens with zero attached hydrogens (tertiary/aromatic N) is 1. The van der Waals surface area contributed by atoms with E-state index in [1.807, 2.05) is 36.4 Å². The van der Waals surface area contributed by atoms with Crippen LogP contribution >= 0.6 is 11.6 Å². The van der Waals surface area contributed by atoms with Crippen molar-refractivity contribution in [2.75, 3.05) is 25.1 Å². The number of nitrogens with one attached hydrogen (secondary N) is 1. The number of hydrogen-bond donors (Lipinski definition) is 2. The molecule has 3 N–H and O–H groups in total. The van der Waals surface area contributed by atoms with Crippen molar-refractivity contribution in [3.63, 3.8) is 0 Å². The molecular weight excluding hydrogens is 350 g/mol. The topological polar surface area (TPSA) is 68.9 Å². The number of halogens is 1. The average Bonchev–Trinajstić information content (AvgIpc) is 3.44. The Balaban J connectivity index is 1.43. The maximum Gasteiger partial charge on any atom is 0.193 e. The number of nitrogens with two attached hydrogens (primary N) is 1. The Morgan fingerprint density at radius 2 is 1.92 bits per heavy atom. The van der Waals surface area contributed by atoms with Gasteiger partial charge in [-0.1, -0.05) is 23.7 Å². The number of benzene rings is 2. The summed E-state index contributed by atoms with van der Waals surface area (Å²) in [6.45, 7) is 1.98. The fourth-order valence-corrected chi connectivity index (χ4v) is 3.36. The van der Waals surface area contributed by atoms with Crippen LogP contribution in [0, 0.1) is 0 Å². The predicted molar refractivity (Wildman–Crippen MR) is 105 cm³/mol. The molecule has 0 bridgehead atoms. The van der Waals surface area contributed by atoms with E-state index in [0.29, 0.717) is 25.7 Å². The van der Waals surface area contributed by atoms with Gasteiger partial charge >= 0.3 is 0 Å². The summed E-state index contributed by atoms with van der Waals surface area (Å²) in [5.74, 6) is 1.90. The number of ether oxygens (including phenoxy) is 2. The van der Waals surface area contributed by atoms with Gasteiger partial charge < -0.3 is 20.5 Å². The van der Waals surface area contributed by atoms with Gasteiger partial charge in [-0.3, -0.25) is 4.99 Å². The molecule has 2 aromatic carbocycles. The van der Waals surface area contributed by atoms with E-state index in [1.54, 1.807) is 0 Å². The van der Waals surface area contributed by atoms with Crippen molar-refractivity contribution in [3.05, 3.63) is 53.1 Å². The maximum atomic E-state index is 6.12. The van der Waals surface area contributed by atoms with Gasteiger partial charge in [0.05, 0.1) is 19.8 Å². The second-order valence-electron chi connectivity index (χ2n) is 6.83. The van der Waals surface area contributed by atoms with E-state index in [2.05, 4.69) is 16.4 Å². The summed E-state index contributed by atoms with van der Waals surface area (Å²) < 4.78 is 11.3. The molecule has 2 aliphatic rings. The first kappa shape index (κ1) is 17.0. The number of guanidine groups is 1. The van der Waals surface area contributed by atoms with Crippen molar-refractivity contribution in [2.24, 2.45) is 10.7 Å². The minimum absolute atomic E-state index is 0.0713. The Kier molecular flexibility index (Phi) is 4.64. The smallest absolute Gasteiger partial charge is 0.193 e. The normalized spacial score (nSPS) is 18.1. The Labute approximate surface area is 158 Å². The monoisotopic (exact) mass is 371 g/mol. The molecule has 136 valence electrons. The van der Waals surface area contributed by atoms with E-state index in [1.165, 1.54) is 5.56 Å². The molecule has 1 heterocycles. The molecule has 1 aliphatic heterocycles. The second kappa shape index (κ2) is 7.08. The van der Waals surface area contributed by atoms with Gasteiger partial charge in [0.15, 0.2) is 17.5 Å². The van der Waals surface area contributed by atoms with Gasteiger partial charge in [-0.05, 0) is 42.7 Å². The van der Waals surface area contributed by atoms with Crippen LogP contribution in [0.4, 0.5) is 5.69 Å². The van der Waals surface area contributed by atoms with Gasteiger partial charge in [-0.15, -0.1) is 0 Å². The molecule has 1 fully saturated rings. The van der Waals surface area contributed by atoms with Crippen LogP contribution in [0.3, 0.4) is 0 Å². The van der Waals surface area contributed by atoms with Crippen LogP contribution in [-0.4, -0.2) is 25.7 Å². The number of aliphatic imine (C=N–C) groups is 1. The number of rotatable bonds is 4. The number of anilines is 1. The Morgan fingerprint density at radius 3 is 2.69 bits per heavy atom. The van der Waals surface area contributed by atoms with Crippen molar-refractivity contribution in [2.45, 2.75) is 24.7 Å². The molecule has 0 spiro atoms. The van der Waals surface area contributed by atoms with Crippen LogP contribution < -0.4 is 20.5 Å². The summed E-state index contributed by atoms with van der Waals surface area (Å²) >= 11 is 6.12. The SMILES string of the molecule is NC(=NCC1(c2cccc(Cl)c2)CC1)Nc1ccc2c(c1)OCCCO2. The molecule has 0 saturated heterocycles. The van der Waals surface area contributed by atoms with E-state index in [4.69, 9.17) is 26.8 Å². The highest BCUT2D eigenvalue weighted by Gasteiger charge is 2.44. The van der Waals surface area contributed by atoms with Crippen molar-refractivity contribution in [1.29, 1.82) is 0 Å². The maximum absolute atomic E-state index is 6.12. The van der Waals surface area contributed by atoms with E-state index in [9.17, 15) is 0 Å². The lowest BCUT2D eigenvalue weighted by Gasteiger charge is -2.15. The summed E-state index contributed by atoms with van der Waals surface area (Å²) in [5, 5.41) is 3.90. The molecule has 0 aromatic heterocycles. The van der Waals surface area contributed by atoms with Gasteiger partial charge in [0.25, 0.3) is 0 Å². The molecule has 0 radical (unpaired) electrons. The quantitative estimate of drug-likeness (QED) is 0.630. The molecule has 26 heavy (non-hydrogen) atoms. The third kappa shape index (κ3) is 3.73. The Morgan fingerprint density at radius 1 is 1.12 bits per heavy atom. The summed E-state index contributed by atoms with van der Waals surface area (Å²) in [6, 6.07) is 13.7. The second-order valence-corrected chi connectivity index (χ2v) is 7.27. The third-order valence-electron chi connectivity index (χ3n) is 4.86. The minimum atomic E-state index is 0.0713. The van der Waals surface area contributed by atoms with E-state index >= 15 is 0 Å². The van der Waals surface area contributed by atoms with Crippen LogP contribution in [0.1, 0.15) is 24.8 Å². The Bertz CT molecular complexity index is 834. The molecule has 0 atom stereocenters. The molecule has 1 saturated carbocycles. The summed E-state index contributed by atoms with van der Waals surface area (Å²) in [5.41, 5.74) is 8.24. The minimum Gasteiger partial charge on any atom is -0.490 e. The van der Waals surface area contributed by atoms with Gasteiger partial charge in [0, 0.05) is 28.6 Å².